The van der Waals surface area contributed by atoms with Gasteiger partial charge < -0.3 is 5.32 Å². The molecule has 0 radical (unpaired) electrons. The first-order valence-electron chi connectivity index (χ1n) is 7.64. The maximum Gasteiger partial charge on any atom is 0.266 e. The van der Waals surface area contributed by atoms with Gasteiger partial charge in [0.25, 0.3) is 11.3 Å². The smallest absolute Gasteiger partial charge is 0.266 e. The number of nitrogens with one attached hydrogen (secondary N) is 1. The van der Waals surface area contributed by atoms with Crippen LogP contribution in [-0.2, 0) is 4.79 Å². The van der Waals surface area contributed by atoms with Crippen molar-refractivity contribution in [3.8, 4) is 5.69 Å². The number of hydrogen-bond acceptors (Lipinski definition) is 5. The molecule has 4 rings (SSSR count). The Morgan fingerprint density at radius 3 is 2.64 bits per heavy atom. The van der Waals surface area contributed by atoms with Crippen molar-refractivity contribution in [1.29, 1.82) is 0 Å². The van der Waals surface area contributed by atoms with E-state index in [0.717, 1.165) is 5.69 Å². The Morgan fingerprint density at radius 1 is 1.16 bits per heavy atom. The maximum absolute atomic E-state index is 13.0. The number of aryl methyl sites for hydroxylation is 1. The van der Waals surface area contributed by atoms with Crippen LogP contribution in [0.25, 0.3) is 22.4 Å². The zero-order valence-corrected chi connectivity index (χ0v) is 13.6. The van der Waals surface area contributed by atoms with E-state index in [2.05, 4.69) is 20.4 Å². The number of fused-ring (bicyclic) bond motifs is 3. The van der Waals surface area contributed by atoms with Crippen molar-refractivity contribution in [2.45, 2.75) is 13.8 Å². The second-order valence-corrected chi connectivity index (χ2v) is 5.68. The SMILES string of the molecule is CC(=O)Nc1ccc(-n2c(C)cc3c(cnc4ncnn43)c2=O)cc1. The number of hydrogen-bond donors (Lipinski definition) is 1. The van der Waals surface area contributed by atoms with Gasteiger partial charge in [0.15, 0.2) is 0 Å². The first-order chi connectivity index (χ1) is 12.0. The van der Waals surface area contributed by atoms with Crippen molar-refractivity contribution in [1.82, 2.24) is 24.1 Å². The molecule has 8 nitrogen and oxygen atoms in total. The van der Waals surface area contributed by atoms with Crippen LogP contribution >= 0.6 is 0 Å². The van der Waals surface area contributed by atoms with E-state index in [0.29, 0.717) is 28.1 Å². The van der Waals surface area contributed by atoms with Crippen LogP contribution in [0.4, 0.5) is 5.69 Å². The molecule has 1 N–H and O–H groups in total. The molecule has 3 heterocycles. The van der Waals surface area contributed by atoms with Crippen LogP contribution < -0.4 is 10.9 Å². The van der Waals surface area contributed by atoms with Gasteiger partial charge in [-0.1, -0.05) is 0 Å². The van der Waals surface area contributed by atoms with Crippen LogP contribution in [0.1, 0.15) is 12.6 Å². The number of aromatic nitrogens is 5. The molecule has 0 bridgehead atoms. The molecule has 0 saturated heterocycles. The van der Waals surface area contributed by atoms with Gasteiger partial charge in [-0.3, -0.25) is 14.2 Å². The van der Waals surface area contributed by atoms with Crippen LogP contribution in [-0.4, -0.2) is 30.1 Å². The summed E-state index contributed by atoms with van der Waals surface area (Å²) in [6.45, 7) is 3.30. The van der Waals surface area contributed by atoms with E-state index in [9.17, 15) is 9.59 Å². The Morgan fingerprint density at radius 2 is 1.92 bits per heavy atom. The van der Waals surface area contributed by atoms with Crippen LogP contribution in [0.5, 0.6) is 0 Å². The summed E-state index contributed by atoms with van der Waals surface area (Å²) in [7, 11) is 0. The molecule has 0 unspecified atom stereocenters. The number of nitrogens with zero attached hydrogens (tertiary/aromatic N) is 5. The second-order valence-electron chi connectivity index (χ2n) is 5.68. The van der Waals surface area contributed by atoms with Crippen molar-refractivity contribution in [2.75, 3.05) is 5.32 Å². The molecule has 0 atom stereocenters. The van der Waals surface area contributed by atoms with Crippen molar-refractivity contribution < 1.29 is 4.79 Å². The third-order valence-electron chi connectivity index (χ3n) is 3.92. The van der Waals surface area contributed by atoms with Crippen LogP contribution in [0.15, 0.2) is 47.7 Å². The molecule has 0 saturated carbocycles. The highest BCUT2D eigenvalue weighted by atomic mass is 16.1. The van der Waals surface area contributed by atoms with Crippen LogP contribution in [0, 0.1) is 6.92 Å². The summed E-state index contributed by atoms with van der Waals surface area (Å²) in [5.74, 6) is 0.304. The van der Waals surface area contributed by atoms with E-state index in [1.165, 1.54) is 19.4 Å². The van der Waals surface area contributed by atoms with E-state index in [-0.39, 0.29) is 11.5 Å². The van der Waals surface area contributed by atoms with Gasteiger partial charge in [0.05, 0.1) is 10.9 Å². The lowest BCUT2D eigenvalue weighted by Crippen LogP contribution is -2.21. The van der Waals surface area contributed by atoms with Crippen molar-refractivity contribution in [2.24, 2.45) is 0 Å². The Hall–Kier alpha value is -3.55. The Bertz CT molecular complexity index is 1170. The largest absolute Gasteiger partial charge is 0.326 e. The fourth-order valence-corrected chi connectivity index (χ4v) is 2.86. The predicted molar refractivity (Wildman–Crippen MR) is 92.9 cm³/mol. The number of pyridine rings is 1. The molecular weight excluding hydrogens is 320 g/mol. The first-order valence-corrected chi connectivity index (χ1v) is 7.64. The molecule has 1 aromatic carbocycles. The van der Waals surface area contributed by atoms with E-state index < -0.39 is 0 Å². The number of carbonyl (C=O) groups is 1. The van der Waals surface area contributed by atoms with Gasteiger partial charge in [-0.15, -0.1) is 0 Å². The van der Waals surface area contributed by atoms with Gasteiger partial charge in [0.2, 0.25) is 5.91 Å². The summed E-state index contributed by atoms with van der Waals surface area (Å²) in [6, 6.07) is 8.96. The second kappa shape index (κ2) is 5.52. The monoisotopic (exact) mass is 334 g/mol. The van der Waals surface area contributed by atoms with E-state index >= 15 is 0 Å². The molecule has 0 aliphatic heterocycles. The van der Waals surface area contributed by atoms with Gasteiger partial charge in [-0.2, -0.15) is 14.6 Å². The van der Waals surface area contributed by atoms with Gasteiger partial charge in [0.1, 0.15) is 6.33 Å². The lowest BCUT2D eigenvalue weighted by molar-refractivity contribution is -0.114. The zero-order valence-electron chi connectivity index (χ0n) is 13.6. The van der Waals surface area contributed by atoms with Crippen molar-refractivity contribution in [3.05, 3.63) is 58.9 Å². The third-order valence-corrected chi connectivity index (χ3v) is 3.92. The standard InChI is InChI=1S/C17H14N6O2/c1-10-7-15-14(8-18-17-19-9-20-23(15)17)16(25)22(10)13-5-3-12(4-6-13)21-11(2)24/h3-9H,1-2H3,(H,21,24). The minimum absolute atomic E-state index is 0.144. The van der Waals surface area contributed by atoms with E-state index in [1.807, 2.05) is 13.0 Å². The van der Waals surface area contributed by atoms with Crippen molar-refractivity contribution >= 4 is 28.3 Å². The van der Waals surface area contributed by atoms with Gasteiger partial charge >= 0.3 is 0 Å². The molecule has 0 spiro atoms. The van der Waals surface area contributed by atoms with E-state index in [1.54, 1.807) is 33.3 Å². The lowest BCUT2D eigenvalue weighted by Gasteiger charge is -2.12. The van der Waals surface area contributed by atoms with E-state index in [4.69, 9.17) is 0 Å². The Labute approximate surface area is 141 Å². The summed E-state index contributed by atoms with van der Waals surface area (Å²) in [5, 5.41) is 7.28. The van der Waals surface area contributed by atoms with Gasteiger partial charge in [-0.05, 0) is 37.3 Å². The summed E-state index contributed by atoms with van der Waals surface area (Å²) in [4.78, 5) is 32.3. The lowest BCUT2D eigenvalue weighted by atomic mass is 10.2. The molecule has 0 fully saturated rings. The quantitative estimate of drug-likeness (QED) is 0.602. The molecule has 4 aromatic rings. The third kappa shape index (κ3) is 2.44. The number of anilines is 1. The normalized spacial score (nSPS) is 11.1. The average molecular weight is 334 g/mol. The summed E-state index contributed by atoms with van der Waals surface area (Å²) < 4.78 is 3.15. The predicted octanol–water partition coefficient (Wildman–Crippen LogP) is 1.70. The number of benzene rings is 1. The fourth-order valence-electron chi connectivity index (χ4n) is 2.86. The molecular formula is C17H14N6O2. The number of carbonyl (C=O) groups excluding carboxylic acids is 1. The number of amides is 1. The minimum Gasteiger partial charge on any atom is -0.326 e. The maximum atomic E-state index is 13.0. The Kier molecular flexibility index (Phi) is 3.31. The van der Waals surface area contributed by atoms with Gasteiger partial charge in [0, 0.05) is 30.2 Å². The molecule has 0 aliphatic rings. The zero-order chi connectivity index (χ0) is 17.6. The summed E-state index contributed by atoms with van der Waals surface area (Å²) in [6.07, 6.45) is 2.92. The highest BCUT2D eigenvalue weighted by Gasteiger charge is 2.12. The molecule has 8 heteroatoms. The van der Waals surface area contributed by atoms with Crippen molar-refractivity contribution in [3.63, 3.8) is 0 Å². The summed E-state index contributed by atoms with van der Waals surface area (Å²) in [5.41, 5.74) is 2.61. The molecule has 124 valence electrons. The molecule has 1 amide bonds. The highest BCUT2D eigenvalue weighted by Crippen LogP contribution is 2.17. The first kappa shape index (κ1) is 15.0. The molecule has 3 aromatic heterocycles. The fraction of sp³-hybridized carbons (Fsp3) is 0.118. The minimum atomic E-state index is -0.188. The summed E-state index contributed by atoms with van der Waals surface area (Å²) >= 11 is 0. The molecule has 0 aliphatic carbocycles. The Balaban J connectivity index is 1.91. The van der Waals surface area contributed by atoms with Gasteiger partial charge in [-0.25, -0.2) is 4.98 Å². The average Bonchev–Trinajstić information content (AvgIpc) is 3.05. The molecule has 25 heavy (non-hydrogen) atoms. The number of rotatable bonds is 2. The van der Waals surface area contributed by atoms with Crippen LogP contribution in [0.2, 0.25) is 0 Å². The van der Waals surface area contributed by atoms with Crippen LogP contribution in [0.3, 0.4) is 0 Å². The topological polar surface area (TPSA) is 94.2 Å². The highest BCUT2D eigenvalue weighted by molar-refractivity contribution is 5.88.